The summed E-state index contributed by atoms with van der Waals surface area (Å²) in [6.45, 7) is 8.04. The quantitative estimate of drug-likeness (QED) is 0.588. The fourth-order valence-corrected chi connectivity index (χ4v) is 3.07. The van der Waals surface area contributed by atoms with E-state index in [1.165, 1.54) is 0 Å². The molecule has 0 saturated heterocycles. The number of rotatable bonds is 5. The number of aliphatic imine (C=N–C) groups is 1. The minimum Gasteiger partial charge on any atom is -0.454 e. The predicted molar refractivity (Wildman–Crippen MR) is 98.7 cm³/mol. The Morgan fingerprint density at radius 3 is 2.71 bits per heavy atom. The van der Waals surface area contributed by atoms with Gasteiger partial charge in [-0.1, -0.05) is 20.8 Å². The van der Waals surface area contributed by atoms with E-state index in [0.29, 0.717) is 13.1 Å². The molecule has 0 radical (unpaired) electrons. The number of nitrogens with zero attached hydrogens (tertiary/aromatic N) is 1. The van der Waals surface area contributed by atoms with Crippen molar-refractivity contribution in [1.82, 2.24) is 10.6 Å². The fraction of sp³-hybridized carbons (Fsp3) is 0.588. The first kappa shape index (κ1) is 18.9. The van der Waals surface area contributed by atoms with E-state index in [0.717, 1.165) is 27.5 Å². The number of hydrogen-bond donors (Lipinski definition) is 2. The molecule has 1 heterocycles. The van der Waals surface area contributed by atoms with Crippen LogP contribution in [0.5, 0.6) is 11.5 Å². The van der Waals surface area contributed by atoms with Crippen molar-refractivity contribution < 1.29 is 14.2 Å². The molecule has 1 atom stereocenters. The van der Waals surface area contributed by atoms with Crippen molar-refractivity contribution in [3.05, 3.63) is 22.2 Å². The maximum Gasteiger partial charge on any atom is 0.231 e. The van der Waals surface area contributed by atoms with Crippen LogP contribution < -0.4 is 20.1 Å². The lowest BCUT2D eigenvalue weighted by Gasteiger charge is -2.30. The average molecular weight is 400 g/mol. The van der Waals surface area contributed by atoms with Crippen molar-refractivity contribution in [3.63, 3.8) is 0 Å². The van der Waals surface area contributed by atoms with Crippen molar-refractivity contribution in [3.8, 4) is 11.5 Å². The Bertz CT molecular complexity index is 599. The third-order valence-corrected chi connectivity index (χ3v) is 4.46. The van der Waals surface area contributed by atoms with Gasteiger partial charge in [-0.15, -0.1) is 0 Å². The van der Waals surface area contributed by atoms with E-state index < -0.39 is 0 Å². The molecule has 0 aliphatic carbocycles. The Morgan fingerprint density at radius 2 is 2.08 bits per heavy atom. The van der Waals surface area contributed by atoms with Gasteiger partial charge in [-0.2, -0.15) is 0 Å². The normalized spacial score (nSPS) is 15.3. The minimum absolute atomic E-state index is 0.0583. The zero-order chi connectivity index (χ0) is 17.7. The van der Waals surface area contributed by atoms with Gasteiger partial charge in [0.1, 0.15) is 0 Å². The van der Waals surface area contributed by atoms with Crippen LogP contribution >= 0.6 is 15.9 Å². The summed E-state index contributed by atoms with van der Waals surface area (Å²) in [4.78, 5) is 4.26. The predicted octanol–water partition coefficient (Wildman–Crippen LogP) is 2.90. The second-order valence-corrected chi connectivity index (χ2v) is 7.56. The number of benzene rings is 1. The molecular weight excluding hydrogens is 374 g/mol. The molecule has 2 N–H and O–H groups in total. The molecule has 1 aliphatic heterocycles. The summed E-state index contributed by atoms with van der Waals surface area (Å²) in [6.07, 6.45) is 0.0933. The third-order valence-electron chi connectivity index (χ3n) is 3.88. The molecule has 1 unspecified atom stereocenters. The summed E-state index contributed by atoms with van der Waals surface area (Å²) in [5.41, 5.74) is 1.14. The minimum atomic E-state index is 0.0583. The van der Waals surface area contributed by atoms with Crippen molar-refractivity contribution in [1.29, 1.82) is 0 Å². The SMILES string of the molecule is CN=C(NCc1cc(Br)c2c(c1)OCO2)NCC(OC)C(C)(C)C. The second kappa shape index (κ2) is 8.07. The Labute approximate surface area is 152 Å². The van der Waals surface area contributed by atoms with Gasteiger partial charge in [-0.05, 0) is 39.0 Å². The maximum absolute atomic E-state index is 5.56. The Morgan fingerprint density at radius 1 is 1.33 bits per heavy atom. The van der Waals surface area contributed by atoms with E-state index in [1.807, 2.05) is 12.1 Å². The smallest absolute Gasteiger partial charge is 0.231 e. The zero-order valence-electron chi connectivity index (χ0n) is 14.9. The number of nitrogens with one attached hydrogen (secondary N) is 2. The van der Waals surface area contributed by atoms with Crippen LogP contribution in [0.25, 0.3) is 0 Å². The summed E-state index contributed by atoms with van der Waals surface area (Å²) in [7, 11) is 3.49. The van der Waals surface area contributed by atoms with Gasteiger partial charge in [-0.25, -0.2) is 0 Å². The van der Waals surface area contributed by atoms with E-state index in [1.54, 1.807) is 14.2 Å². The van der Waals surface area contributed by atoms with E-state index in [-0.39, 0.29) is 18.3 Å². The summed E-state index contributed by atoms with van der Waals surface area (Å²) >= 11 is 3.51. The van der Waals surface area contributed by atoms with Crippen LogP contribution in [-0.2, 0) is 11.3 Å². The van der Waals surface area contributed by atoms with Gasteiger partial charge in [0, 0.05) is 27.2 Å². The first-order valence-electron chi connectivity index (χ1n) is 7.90. The van der Waals surface area contributed by atoms with Crippen molar-refractivity contribution >= 4 is 21.9 Å². The second-order valence-electron chi connectivity index (χ2n) is 6.71. The van der Waals surface area contributed by atoms with Crippen LogP contribution in [0.4, 0.5) is 0 Å². The molecule has 1 aliphatic rings. The molecule has 0 saturated carbocycles. The van der Waals surface area contributed by atoms with E-state index in [9.17, 15) is 0 Å². The Balaban J connectivity index is 1.91. The highest BCUT2D eigenvalue weighted by atomic mass is 79.9. The van der Waals surface area contributed by atoms with Gasteiger partial charge in [0.05, 0.1) is 10.6 Å². The largest absolute Gasteiger partial charge is 0.454 e. The molecule has 134 valence electrons. The number of ether oxygens (including phenoxy) is 3. The number of halogens is 1. The van der Waals surface area contributed by atoms with Gasteiger partial charge in [-0.3, -0.25) is 4.99 Å². The van der Waals surface area contributed by atoms with E-state index >= 15 is 0 Å². The zero-order valence-corrected chi connectivity index (χ0v) is 16.5. The van der Waals surface area contributed by atoms with Gasteiger partial charge in [0.15, 0.2) is 17.5 Å². The Hall–Kier alpha value is -1.47. The number of guanidine groups is 1. The van der Waals surface area contributed by atoms with Crippen LogP contribution in [0.1, 0.15) is 26.3 Å². The highest BCUT2D eigenvalue weighted by molar-refractivity contribution is 9.10. The summed E-state index contributed by atoms with van der Waals surface area (Å²) in [5, 5.41) is 6.61. The van der Waals surface area contributed by atoms with Crippen LogP contribution in [0, 0.1) is 5.41 Å². The molecule has 7 heteroatoms. The number of methoxy groups -OCH3 is 1. The highest BCUT2D eigenvalue weighted by Crippen LogP contribution is 2.39. The molecule has 0 amide bonds. The lowest BCUT2D eigenvalue weighted by molar-refractivity contribution is 0.0205. The monoisotopic (exact) mass is 399 g/mol. The van der Waals surface area contributed by atoms with E-state index in [2.05, 4.69) is 52.3 Å². The molecule has 0 bridgehead atoms. The number of hydrogen-bond acceptors (Lipinski definition) is 4. The molecular formula is C17H26BrN3O3. The fourth-order valence-electron chi connectivity index (χ4n) is 2.46. The molecule has 1 aromatic rings. The Kier molecular flexibility index (Phi) is 6.34. The lowest BCUT2D eigenvalue weighted by atomic mass is 9.89. The molecule has 0 aromatic heterocycles. The van der Waals surface area contributed by atoms with Gasteiger partial charge in [0.2, 0.25) is 6.79 Å². The topological polar surface area (TPSA) is 64.1 Å². The first-order valence-corrected chi connectivity index (χ1v) is 8.69. The van der Waals surface area contributed by atoms with Crippen LogP contribution in [0.3, 0.4) is 0 Å². The summed E-state index contributed by atoms with van der Waals surface area (Å²) in [5.74, 6) is 2.25. The number of fused-ring (bicyclic) bond motifs is 1. The van der Waals surface area contributed by atoms with Crippen LogP contribution in [-0.4, -0.2) is 39.6 Å². The maximum atomic E-state index is 5.56. The highest BCUT2D eigenvalue weighted by Gasteiger charge is 2.24. The summed E-state index contributed by atoms with van der Waals surface area (Å²) < 4.78 is 17.3. The van der Waals surface area contributed by atoms with E-state index in [4.69, 9.17) is 14.2 Å². The molecule has 0 spiro atoms. The van der Waals surface area contributed by atoms with Gasteiger partial charge in [0.25, 0.3) is 0 Å². The molecule has 6 nitrogen and oxygen atoms in total. The molecule has 1 aromatic carbocycles. The molecule has 24 heavy (non-hydrogen) atoms. The molecule has 2 rings (SSSR count). The summed E-state index contributed by atoms with van der Waals surface area (Å²) in [6, 6.07) is 3.99. The van der Waals surface area contributed by atoms with Gasteiger partial charge >= 0.3 is 0 Å². The molecule has 0 fully saturated rings. The lowest BCUT2D eigenvalue weighted by Crippen LogP contribution is -2.45. The van der Waals surface area contributed by atoms with Gasteiger partial charge < -0.3 is 24.8 Å². The van der Waals surface area contributed by atoms with Crippen molar-refractivity contribution in [2.75, 3.05) is 27.5 Å². The third kappa shape index (κ3) is 4.77. The average Bonchev–Trinajstić information content (AvgIpc) is 2.98. The van der Waals surface area contributed by atoms with Crippen molar-refractivity contribution in [2.24, 2.45) is 10.4 Å². The van der Waals surface area contributed by atoms with Crippen molar-refractivity contribution in [2.45, 2.75) is 33.4 Å². The first-order chi connectivity index (χ1) is 11.3. The van der Waals surface area contributed by atoms with Crippen LogP contribution in [0.15, 0.2) is 21.6 Å². The van der Waals surface area contributed by atoms with Crippen LogP contribution in [0.2, 0.25) is 0 Å². The standard InChI is InChI=1S/C17H26BrN3O3/c1-17(2,3)14(22-5)9-21-16(19-4)20-8-11-6-12(18)15-13(7-11)23-10-24-15/h6-7,14H,8-10H2,1-5H3,(H2,19,20,21).